The van der Waals surface area contributed by atoms with E-state index in [0.29, 0.717) is 25.1 Å². The molecule has 1 rings (SSSR count). The zero-order chi connectivity index (χ0) is 12.5. The van der Waals surface area contributed by atoms with Crippen LogP contribution in [0.3, 0.4) is 0 Å². The second-order valence-corrected chi connectivity index (χ2v) is 3.68. The van der Waals surface area contributed by atoms with E-state index < -0.39 is 0 Å². The Hall–Kier alpha value is -1.86. The topological polar surface area (TPSA) is 62.1 Å². The monoisotopic (exact) mass is 232 g/mol. The molecule has 0 aliphatic rings. The summed E-state index contributed by atoms with van der Waals surface area (Å²) in [5, 5.41) is 11.5. The Kier molecular flexibility index (Phi) is 5.76. The van der Waals surface area contributed by atoms with Crippen molar-refractivity contribution in [3.05, 3.63) is 35.4 Å². The predicted molar refractivity (Wildman–Crippen MR) is 64.1 cm³/mol. The van der Waals surface area contributed by atoms with Gasteiger partial charge in [-0.3, -0.25) is 4.79 Å². The van der Waals surface area contributed by atoms with Crippen LogP contribution in [0.15, 0.2) is 24.3 Å². The quantitative estimate of drug-likeness (QED) is 0.758. The Morgan fingerprint density at radius 1 is 1.41 bits per heavy atom. The fourth-order valence-corrected chi connectivity index (χ4v) is 1.36. The number of benzene rings is 1. The second kappa shape index (κ2) is 7.42. The third kappa shape index (κ3) is 5.14. The number of methoxy groups -OCH3 is 1. The van der Waals surface area contributed by atoms with E-state index in [1.165, 1.54) is 0 Å². The molecule has 0 fully saturated rings. The van der Waals surface area contributed by atoms with E-state index >= 15 is 0 Å². The first-order valence-electron chi connectivity index (χ1n) is 5.51. The fraction of sp³-hybridized carbons (Fsp3) is 0.385. The van der Waals surface area contributed by atoms with Gasteiger partial charge in [0, 0.05) is 26.7 Å². The summed E-state index contributed by atoms with van der Waals surface area (Å²) in [5.41, 5.74) is 1.62. The van der Waals surface area contributed by atoms with E-state index in [4.69, 9.17) is 10.00 Å². The SMILES string of the molecule is COCCCC(=O)NCc1ccc(C#N)cc1. The molecule has 0 atom stereocenters. The van der Waals surface area contributed by atoms with Crippen molar-refractivity contribution in [2.75, 3.05) is 13.7 Å². The Labute approximate surface area is 101 Å². The number of nitrogens with zero attached hydrogens (tertiary/aromatic N) is 1. The van der Waals surface area contributed by atoms with Gasteiger partial charge >= 0.3 is 0 Å². The van der Waals surface area contributed by atoms with Crippen LogP contribution < -0.4 is 5.32 Å². The van der Waals surface area contributed by atoms with Gasteiger partial charge < -0.3 is 10.1 Å². The molecule has 90 valence electrons. The summed E-state index contributed by atoms with van der Waals surface area (Å²) in [6.07, 6.45) is 1.21. The molecule has 0 saturated carbocycles. The highest BCUT2D eigenvalue weighted by atomic mass is 16.5. The lowest BCUT2D eigenvalue weighted by Crippen LogP contribution is -2.22. The number of ether oxygens (including phenoxy) is 1. The molecule has 0 spiro atoms. The molecular weight excluding hydrogens is 216 g/mol. The standard InChI is InChI=1S/C13H16N2O2/c1-17-8-2-3-13(16)15-10-12-6-4-11(9-14)5-7-12/h4-7H,2-3,8,10H2,1H3,(H,15,16). The Bertz CT molecular complexity index is 393. The van der Waals surface area contributed by atoms with Gasteiger partial charge in [0.15, 0.2) is 0 Å². The average Bonchev–Trinajstić information content (AvgIpc) is 2.37. The lowest BCUT2D eigenvalue weighted by atomic mass is 10.1. The highest BCUT2D eigenvalue weighted by Gasteiger charge is 2.01. The Morgan fingerprint density at radius 2 is 2.12 bits per heavy atom. The van der Waals surface area contributed by atoms with Crippen molar-refractivity contribution in [2.24, 2.45) is 0 Å². The summed E-state index contributed by atoms with van der Waals surface area (Å²) >= 11 is 0. The van der Waals surface area contributed by atoms with Crippen LogP contribution >= 0.6 is 0 Å². The number of rotatable bonds is 6. The third-order valence-electron chi connectivity index (χ3n) is 2.33. The minimum atomic E-state index is 0.0198. The van der Waals surface area contributed by atoms with Gasteiger partial charge in [0.1, 0.15) is 0 Å². The van der Waals surface area contributed by atoms with Gasteiger partial charge in [-0.05, 0) is 24.1 Å². The zero-order valence-electron chi connectivity index (χ0n) is 9.90. The number of carbonyl (C=O) groups excluding carboxylic acids is 1. The van der Waals surface area contributed by atoms with Gasteiger partial charge in [0.05, 0.1) is 11.6 Å². The minimum absolute atomic E-state index is 0.0198. The fourth-order valence-electron chi connectivity index (χ4n) is 1.36. The maximum absolute atomic E-state index is 11.4. The van der Waals surface area contributed by atoms with Gasteiger partial charge in [-0.1, -0.05) is 12.1 Å². The largest absolute Gasteiger partial charge is 0.385 e. The number of nitriles is 1. The van der Waals surface area contributed by atoms with E-state index in [1.54, 1.807) is 19.2 Å². The highest BCUT2D eigenvalue weighted by Crippen LogP contribution is 2.03. The van der Waals surface area contributed by atoms with E-state index in [9.17, 15) is 4.79 Å². The normalized spacial score (nSPS) is 9.65. The summed E-state index contributed by atoms with van der Waals surface area (Å²) in [5.74, 6) is 0.0198. The van der Waals surface area contributed by atoms with Crippen molar-refractivity contribution in [2.45, 2.75) is 19.4 Å². The Balaban J connectivity index is 2.30. The third-order valence-corrected chi connectivity index (χ3v) is 2.33. The van der Waals surface area contributed by atoms with Crippen molar-refractivity contribution in [3.63, 3.8) is 0 Å². The van der Waals surface area contributed by atoms with E-state index in [0.717, 1.165) is 12.0 Å². The molecule has 4 heteroatoms. The van der Waals surface area contributed by atoms with Crippen LogP contribution in [0.4, 0.5) is 0 Å². The molecule has 0 saturated heterocycles. The van der Waals surface area contributed by atoms with Crippen molar-refractivity contribution in [3.8, 4) is 6.07 Å². The summed E-state index contributed by atoms with van der Waals surface area (Å²) < 4.78 is 4.87. The van der Waals surface area contributed by atoms with Crippen LogP contribution in [-0.4, -0.2) is 19.6 Å². The molecule has 0 unspecified atom stereocenters. The van der Waals surface area contributed by atoms with E-state index in [-0.39, 0.29) is 5.91 Å². The number of hydrogen-bond acceptors (Lipinski definition) is 3. The van der Waals surface area contributed by atoms with Crippen LogP contribution in [0.1, 0.15) is 24.0 Å². The molecule has 1 aromatic carbocycles. The van der Waals surface area contributed by atoms with Gasteiger partial charge in [0.25, 0.3) is 0 Å². The van der Waals surface area contributed by atoms with Crippen LogP contribution in [0.5, 0.6) is 0 Å². The number of nitrogens with one attached hydrogen (secondary N) is 1. The van der Waals surface area contributed by atoms with E-state index in [1.807, 2.05) is 12.1 Å². The maximum atomic E-state index is 11.4. The Morgan fingerprint density at radius 3 is 2.71 bits per heavy atom. The first-order chi connectivity index (χ1) is 8.26. The molecule has 17 heavy (non-hydrogen) atoms. The van der Waals surface area contributed by atoms with Crippen molar-refractivity contribution < 1.29 is 9.53 Å². The molecule has 1 aromatic rings. The van der Waals surface area contributed by atoms with Crippen LogP contribution in [-0.2, 0) is 16.1 Å². The molecular formula is C13H16N2O2. The number of hydrogen-bond donors (Lipinski definition) is 1. The van der Waals surface area contributed by atoms with Gasteiger partial charge in [-0.15, -0.1) is 0 Å². The molecule has 0 radical (unpaired) electrons. The number of amides is 1. The summed E-state index contributed by atoms with van der Waals surface area (Å²) in [4.78, 5) is 11.4. The molecule has 0 bridgehead atoms. The molecule has 0 aromatic heterocycles. The lowest BCUT2D eigenvalue weighted by molar-refractivity contribution is -0.121. The first kappa shape index (κ1) is 13.2. The average molecular weight is 232 g/mol. The first-order valence-corrected chi connectivity index (χ1v) is 5.51. The van der Waals surface area contributed by atoms with Crippen molar-refractivity contribution in [1.29, 1.82) is 5.26 Å². The van der Waals surface area contributed by atoms with Crippen LogP contribution in [0, 0.1) is 11.3 Å². The maximum Gasteiger partial charge on any atom is 0.220 e. The van der Waals surface area contributed by atoms with Crippen molar-refractivity contribution >= 4 is 5.91 Å². The molecule has 1 amide bonds. The smallest absolute Gasteiger partial charge is 0.220 e. The molecule has 0 aliphatic carbocycles. The highest BCUT2D eigenvalue weighted by molar-refractivity contribution is 5.75. The minimum Gasteiger partial charge on any atom is -0.385 e. The van der Waals surface area contributed by atoms with Crippen LogP contribution in [0.25, 0.3) is 0 Å². The molecule has 0 aliphatic heterocycles. The van der Waals surface area contributed by atoms with Crippen LogP contribution in [0.2, 0.25) is 0 Å². The van der Waals surface area contributed by atoms with Crippen molar-refractivity contribution in [1.82, 2.24) is 5.32 Å². The van der Waals surface area contributed by atoms with Gasteiger partial charge in [0.2, 0.25) is 5.91 Å². The molecule has 4 nitrogen and oxygen atoms in total. The molecule has 0 heterocycles. The molecule has 1 N–H and O–H groups in total. The summed E-state index contributed by atoms with van der Waals surface area (Å²) in [6, 6.07) is 9.22. The van der Waals surface area contributed by atoms with E-state index in [2.05, 4.69) is 11.4 Å². The predicted octanol–water partition coefficient (Wildman–Crippen LogP) is 1.60. The zero-order valence-corrected chi connectivity index (χ0v) is 9.90. The van der Waals surface area contributed by atoms with Gasteiger partial charge in [-0.2, -0.15) is 5.26 Å². The lowest BCUT2D eigenvalue weighted by Gasteiger charge is -2.05. The summed E-state index contributed by atoms with van der Waals surface area (Å²) in [7, 11) is 1.62. The second-order valence-electron chi connectivity index (χ2n) is 3.68. The van der Waals surface area contributed by atoms with Gasteiger partial charge in [-0.25, -0.2) is 0 Å². The summed E-state index contributed by atoms with van der Waals surface area (Å²) in [6.45, 7) is 1.10. The number of carbonyl (C=O) groups is 1.